The number of nitrogens with one attached hydrogen (secondary N) is 3. The molecule has 5 N–H and O–H groups in total. The minimum Gasteiger partial charge on any atom is -0.394 e. The van der Waals surface area contributed by atoms with Gasteiger partial charge < -0.3 is 26.2 Å². The Labute approximate surface area is 195 Å². The molecule has 9 heteroatoms. The van der Waals surface area contributed by atoms with E-state index in [9.17, 15) is 15.0 Å². The summed E-state index contributed by atoms with van der Waals surface area (Å²) in [5.41, 5.74) is 5.17. The number of thiazole rings is 1. The fourth-order valence-corrected chi connectivity index (χ4v) is 4.21. The van der Waals surface area contributed by atoms with Gasteiger partial charge in [0.1, 0.15) is 11.9 Å². The quantitative estimate of drug-likeness (QED) is 0.257. The molecule has 0 bridgehead atoms. The summed E-state index contributed by atoms with van der Waals surface area (Å²) in [5, 5.41) is 29.4. The van der Waals surface area contributed by atoms with Crippen LogP contribution in [0.15, 0.2) is 66.3 Å². The molecule has 33 heavy (non-hydrogen) atoms. The summed E-state index contributed by atoms with van der Waals surface area (Å²) >= 11 is 1.55. The zero-order valence-electron chi connectivity index (χ0n) is 18.0. The van der Waals surface area contributed by atoms with Gasteiger partial charge in [-0.25, -0.2) is 9.97 Å². The highest BCUT2D eigenvalue weighted by Crippen LogP contribution is 2.29. The lowest BCUT2D eigenvalue weighted by molar-refractivity contribution is 0.0793. The number of fused-ring (bicyclic) bond motifs is 1. The van der Waals surface area contributed by atoms with E-state index in [4.69, 9.17) is 0 Å². The van der Waals surface area contributed by atoms with E-state index in [1.54, 1.807) is 22.9 Å². The maximum atomic E-state index is 12.7. The van der Waals surface area contributed by atoms with Crippen LogP contribution in [0.2, 0.25) is 0 Å². The first-order valence-electron chi connectivity index (χ1n) is 10.6. The molecule has 0 aliphatic rings. The van der Waals surface area contributed by atoms with E-state index in [0.29, 0.717) is 23.6 Å². The molecule has 4 rings (SSSR count). The molecule has 2 aromatic heterocycles. The molecule has 0 spiro atoms. The first-order valence-corrected chi connectivity index (χ1v) is 11.5. The van der Waals surface area contributed by atoms with Crippen LogP contribution in [-0.2, 0) is 0 Å². The predicted molar refractivity (Wildman–Crippen MR) is 131 cm³/mol. The monoisotopic (exact) mass is 463 g/mol. The Morgan fingerprint density at radius 3 is 2.70 bits per heavy atom. The number of aromatic nitrogens is 2. The first-order chi connectivity index (χ1) is 16.1. The molecule has 2 atom stereocenters. The van der Waals surface area contributed by atoms with Crippen molar-refractivity contribution >= 4 is 44.7 Å². The molecule has 0 saturated heterocycles. The second-order valence-corrected chi connectivity index (χ2v) is 8.30. The number of hydrogen-bond acceptors (Lipinski definition) is 8. The van der Waals surface area contributed by atoms with E-state index >= 15 is 0 Å². The summed E-state index contributed by atoms with van der Waals surface area (Å²) in [6.45, 7) is 1.87. The lowest BCUT2D eigenvalue weighted by Crippen LogP contribution is -2.30. The molecule has 0 aliphatic carbocycles. The van der Waals surface area contributed by atoms with Gasteiger partial charge in [0, 0.05) is 24.5 Å². The van der Waals surface area contributed by atoms with Gasteiger partial charge in [0.25, 0.3) is 5.91 Å². The topological polar surface area (TPSA) is 119 Å². The molecular formula is C24H25N5O3S. The maximum absolute atomic E-state index is 12.7. The minimum absolute atomic E-state index is 0.282. The summed E-state index contributed by atoms with van der Waals surface area (Å²) < 4.78 is 1.05. The molecular weight excluding hydrogens is 438 g/mol. The van der Waals surface area contributed by atoms with Gasteiger partial charge >= 0.3 is 0 Å². The van der Waals surface area contributed by atoms with Crippen molar-refractivity contribution in [1.82, 2.24) is 15.3 Å². The maximum Gasteiger partial charge on any atom is 0.254 e. The Morgan fingerprint density at radius 2 is 1.94 bits per heavy atom. The highest BCUT2D eigenvalue weighted by atomic mass is 32.1. The average Bonchev–Trinajstić information content (AvgIpc) is 3.31. The molecule has 0 fully saturated rings. The Kier molecular flexibility index (Phi) is 7.13. The highest BCUT2D eigenvalue weighted by Gasteiger charge is 2.23. The normalized spacial score (nSPS) is 12.8. The van der Waals surface area contributed by atoms with Crippen LogP contribution in [0.4, 0.5) is 17.2 Å². The van der Waals surface area contributed by atoms with Crippen molar-refractivity contribution in [2.75, 3.05) is 23.8 Å². The Bertz CT molecular complexity index is 1230. The van der Waals surface area contributed by atoms with Gasteiger partial charge in [0.05, 0.1) is 39.6 Å². The van der Waals surface area contributed by atoms with Gasteiger partial charge in [-0.15, -0.1) is 11.3 Å². The minimum atomic E-state index is -1.08. The van der Waals surface area contributed by atoms with Gasteiger partial charge in [-0.1, -0.05) is 30.3 Å². The molecule has 2 aromatic carbocycles. The number of pyridine rings is 1. The van der Waals surface area contributed by atoms with Crippen molar-refractivity contribution in [3.05, 3.63) is 77.4 Å². The fourth-order valence-electron chi connectivity index (χ4n) is 3.50. The average molecular weight is 464 g/mol. The van der Waals surface area contributed by atoms with Crippen molar-refractivity contribution in [3.63, 3.8) is 0 Å². The van der Waals surface area contributed by atoms with Crippen LogP contribution in [0.25, 0.3) is 10.2 Å². The molecule has 8 nitrogen and oxygen atoms in total. The Morgan fingerprint density at radius 1 is 1.12 bits per heavy atom. The van der Waals surface area contributed by atoms with E-state index in [1.165, 1.54) is 6.20 Å². The summed E-state index contributed by atoms with van der Waals surface area (Å²) in [5.74, 6) is 0.246. The van der Waals surface area contributed by atoms with Crippen molar-refractivity contribution in [1.29, 1.82) is 0 Å². The summed E-state index contributed by atoms with van der Waals surface area (Å²) in [6.07, 6.45) is 0.418. The molecule has 4 aromatic rings. The number of aliphatic hydroxyl groups is 2. The Balaban J connectivity index is 1.68. The zero-order valence-corrected chi connectivity index (χ0v) is 18.8. The van der Waals surface area contributed by atoms with Crippen LogP contribution < -0.4 is 16.0 Å². The molecule has 0 saturated carbocycles. The number of carbonyl (C=O) groups is 1. The van der Waals surface area contributed by atoms with Gasteiger partial charge in [-0.05, 0) is 30.7 Å². The molecule has 0 aliphatic heterocycles. The molecule has 0 unspecified atom stereocenters. The summed E-state index contributed by atoms with van der Waals surface area (Å²) in [7, 11) is 0. The number of carbonyl (C=O) groups excluding carboxylic acids is 1. The smallest absolute Gasteiger partial charge is 0.254 e. The van der Waals surface area contributed by atoms with Crippen LogP contribution in [0.3, 0.4) is 0 Å². The third kappa shape index (κ3) is 5.28. The van der Waals surface area contributed by atoms with Crippen molar-refractivity contribution < 1.29 is 15.0 Å². The van der Waals surface area contributed by atoms with Gasteiger partial charge in [0.15, 0.2) is 0 Å². The van der Waals surface area contributed by atoms with E-state index in [1.807, 2.05) is 55.5 Å². The van der Waals surface area contributed by atoms with Crippen molar-refractivity contribution in [3.8, 4) is 0 Å². The molecule has 0 radical (unpaired) electrons. The summed E-state index contributed by atoms with van der Waals surface area (Å²) in [6, 6.07) is 16.2. The number of rotatable bonds is 9. The molecule has 1 amide bonds. The van der Waals surface area contributed by atoms with Crippen LogP contribution in [0.5, 0.6) is 0 Å². The lowest BCUT2D eigenvalue weighted by atomic mass is 10.0. The van der Waals surface area contributed by atoms with Crippen LogP contribution >= 0.6 is 11.3 Å². The first kappa shape index (κ1) is 22.7. The third-order valence-corrected chi connectivity index (χ3v) is 5.92. The number of anilines is 3. The second kappa shape index (κ2) is 10.4. The lowest BCUT2D eigenvalue weighted by Gasteiger charge is -2.26. The number of benzene rings is 2. The van der Waals surface area contributed by atoms with Crippen molar-refractivity contribution in [2.24, 2.45) is 0 Å². The van der Waals surface area contributed by atoms with E-state index < -0.39 is 18.8 Å². The fraction of sp³-hybridized carbons (Fsp3) is 0.208. The van der Waals surface area contributed by atoms with Gasteiger partial charge in [-0.2, -0.15) is 0 Å². The van der Waals surface area contributed by atoms with E-state index in [0.717, 1.165) is 21.5 Å². The van der Waals surface area contributed by atoms with E-state index in [2.05, 4.69) is 25.9 Å². The second-order valence-electron chi connectivity index (χ2n) is 7.42. The van der Waals surface area contributed by atoms with E-state index in [-0.39, 0.29) is 5.91 Å². The third-order valence-electron chi connectivity index (χ3n) is 5.13. The molecule has 2 heterocycles. The number of hydrogen-bond donors (Lipinski definition) is 5. The largest absolute Gasteiger partial charge is 0.394 e. The highest BCUT2D eigenvalue weighted by molar-refractivity contribution is 7.16. The van der Waals surface area contributed by atoms with Crippen LogP contribution in [0.1, 0.15) is 28.9 Å². The van der Waals surface area contributed by atoms with Crippen LogP contribution in [-0.4, -0.2) is 45.3 Å². The van der Waals surface area contributed by atoms with Crippen molar-refractivity contribution in [2.45, 2.75) is 19.1 Å². The zero-order chi connectivity index (χ0) is 23.2. The van der Waals surface area contributed by atoms with Crippen LogP contribution in [0, 0.1) is 0 Å². The standard InChI is InChI=1S/C24H25N5O3S/c1-2-25-24(32)17-12-26-22(28-16-8-9-18-21(10-16)33-14-27-18)11-19(17)29-23(20(31)13-30)15-6-4-3-5-7-15/h3-12,14,20,23,30-31H,2,13H2,1H3,(H,25,32)(H2,26,28,29)/t20-,23+/m1/s1. The number of nitrogens with zero attached hydrogens (tertiary/aromatic N) is 2. The molecule has 170 valence electrons. The Hall–Kier alpha value is -3.53. The predicted octanol–water partition coefficient (Wildman–Crippen LogP) is 3.69. The SMILES string of the molecule is CCNC(=O)c1cnc(Nc2ccc3ncsc3c2)cc1N[C@@H](c1ccccc1)[C@H](O)CO. The van der Waals surface area contributed by atoms with Gasteiger partial charge in [-0.3, -0.25) is 4.79 Å². The van der Waals surface area contributed by atoms with Gasteiger partial charge in [0.2, 0.25) is 0 Å². The summed E-state index contributed by atoms with van der Waals surface area (Å²) in [4.78, 5) is 21.4. The number of aliphatic hydroxyl groups excluding tert-OH is 2. The number of amides is 1.